The van der Waals surface area contributed by atoms with E-state index in [2.05, 4.69) is 24.1 Å². The van der Waals surface area contributed by atoms with Crippen molar-refractivity contribution < 1.29 is 4.79 Å². The highest BCUT2D eigenvalue weighted by Gasteiger charge is 2.34. The Bertz CT molecular complexity index is 278. The normalized spacial score (nSPS) is 33.4. The average molecular weight is 252 g/mol. The van der Waals surface area contributed by atoms with E-state index < -0.39 is 0 Å². The maximum Gasteiger partial charge on any atom is 0.240 e. The van der Waals surface area contributed by atoms with Crippen molar-refractivity contribution in [3.05, 3.63) is 0 Å². The molecule has 2 heterocycles. The molecule has 2 aliphatic heterocycles. The molecule has 3 nitrogen and oxygen atoms in total. The molecule has 0 aromatic rings. The van der Waals surface area contributed by atoms with Crippen LogP contribution in [0.2, 0.25) is 0 Å². The summed E-state index contributed by atoms with van der Waals surface area (Å²) in [5, 5.41) is 3.44. The van der Waals surface area contributed by atoms with E-state index in [9.17, 15) is 4.79 Å². The number of nitrogens with one attached hydrogen (secondary N) is 1. The molecule has 1 N–H and O–H groups in total. The first kappa shape index (κ1) is 13.9. The number of hydrogen-bond acceptors (Lipinski definition) is 2. The first-order valence-electron chi connectivity index (χ1n) is 7.78. The zero-order valence-electron chi connectivity index (χ0n) is 12.0. The van der Waals surface area contributed by atoms with Gasteiger partial charge in [-0.25, -0.2) is 0 Å². The summed E-state index contributed by atoms with van der Waals surface area (Å²) in [6, 6.07) is 0.586. The predicted molar refractivity (Wildman–Crippen MR) is 74.4 cm³/mol. The fraction of sp³-hybridized carbons (Fsp3) is 0.933. The lowest BCUT2D eigenvalue weighted by Crippen LogP contribution is -2.56. The van der Waals surface area contributed by atoms with Crippen LogP contribution in [0, 0.1) is 5.92 Å². The molecule has 0 aliphatic carbocycles. The lowest BCUT2D eigenvalue weighted by Gasteiger charge is -2.40. The fourth-order valence-corrected chi connectivity index (χ4v) is 3.48. The minimum Gasteiger partial charge on any atom is -0.338 e. The van der Waals surface area contributed by atoms with Crippen molar-refractivity contribution in [2.24, 2.45) is 5.92 Å². The molecule has 104 valence electrons. The van der Waals surface area contributed by atoms with Crippen molar-refractivity contribution in [3.63, 3.8) is 0 Å². The van der Waals surface area contributed by atoms with E-state index in [0.29, 0.717) is 17.9 Å². The van der Waals surface area contributed by atoms with Gasteiger partial charge in [0.15, 0.2) is 0 Å². The molecule has 3 heteroatoms. The first-order chi connectivity index (χ1) is 8.74. The molecule has 2 saturated heterocycles. The third-order valence-electron chi connectivity index (χ3n) is 4.57. The summed E-state index contributed by atoms with van der Waals surface area (Å²) in [5.74, 6) is 0.871. The minimum atomic E-state index is 0.0798. The standard InChI is InChI=1S/C15H28N2O/c1-3-7-13-9-4-5-11-17(13)15(18)14-12(2)8-6-10-16-14/h12-14,16H,3-11H2,1-2H3. The zero-order valence-corrected chi connectivity index (χ0v) is 12.0. The molecule has 2 fully saturated rings. The highest BCUT2D eigenvalue weighted by atomic mass is 16.2. The second-order valence-electron chi connectivity index (χ2n) is 6.02. The smallest absolute Gasteiger partial charge is 0.240 e. The quantitative estimate of drug-likeness (QED) is 0.837. The Hall–Kier alpha value is -0.570. The summed E-state index contributed by atoms with van der Waals surface area (Å²) in [6.07, 6.45) is 8.45. The topological polar surface area (TPSA) is 32.3 Å². The Labute approximate surface area is 111 Å². The number of carbonyl (C=O) groups is 1. The highest BCUT2D eigenvalue weighted by Crippen LogP contribution is 2.24. The largest absolute Gasteiger partial charge is 0.338 e. The van der Waals surface area contributed by atoms with Gasteiger partial charge in [0.2, 0.25) is 5.91 Å². The molecule has 0 radical (unpaired) electrons. The van der Waals surface area contributed by atoms with E-state index in [0.717, 1.165) is 13.1 Å². The van der Waals surface area contributed by atoms with Crippen molar-refractivity contribution in [2.45, 2.75) is 70.9 Å². The van der Waals surface area contributed by atoms with Gasteiger partial charge in [-0.1, -0.05) is 20.3 Å². The molecule has 0 spiro atoms. The van der Waals surface area contributed by atoms with Gasteiger partial charge in [0, 0.05) is 12.6 Å². The Morgan fingerprint density at radius 1 is 1.28 bits per heavy atom. The van der Waals surface area contributed by atoms with Crippen LogP contribution in [0.3, 0.4) is 0 Å². The van der Waals surface area contributed by atoms with Crippen LogP contribution in [-0.2, 0) is 4.79 Å². The highest BCUT2D eigenvalue weighted by molar-refractivity contribution is 5.82. The third-order valence-corrected chi connectivity index (χ3v) is 4.57. The summed E-state index contributed by atoms with van der Waals surface area (Å²) >= 11 is 0. The maximum atomic E-state index is 12.7. The van der Waals surface area contributed by atoms with Crippen molar-refractivity contribution in [2.75, 3.05) is 13.1 Å². The van der Waals surface area contributed by atoms with Gasteiger partial charge in [0.25, 0.3) is 0 Å². The van der Waals surface area contributed by atoms with Gasteiger partial charge in [-0.15, -0.1) is 0 Å². The molecule has 0 aromatic carbocycles. The van der Waals surface area contributed by atoms with E-state index in [1.54, 1.807) is 0 Å². The minimum absolute atomic E-state index is 0.0798. The van der Waals surface area contributed by atoms with Gasteiger partial charge in [0.05, 0.1) is 6.04 Å². The molecule has 18 heavy (non-hydrogen) atoms. The summed E-state index contributed by atoms with van der Waals surface area (Å²) in [4.78, 5) is 14.9. The Kier molecular flexibility index (Phi) is 5.04. The zero-order chi connectivity index (χ0) is 13.0. The molecule has 1 amide bonds. The number of carbonyl (C=O) groups excluding carboxylic acids is 1. The molecule has 0 bridgehead atoms. The van der Waals surface area contributed by atoms with Gasteiger partial charge in [0.1, 0.15) is 0 Å². The molecule has 2 rings (SSSR count). The number of rotatable bonds is 3. The van der Waals surface area contributed by atoms with Crippen LogP contribution in [0.5, 0.6) is 0 Å². The number of hydrogen-bond donors (Lipinski definition) is 1. The maximum absolute atomic E-state index is 12.7. The van der Waals surface area contributed by atoms with Gasteiger partial charge >= 0.3 is 0 Å². The molecule has 2 aliphatic rings. The van der Waals surface area contributed by atoms with Crippen LogP contribution in [0.1, 0.15) is 58.8 Å². The number of nitrogens with zero attached hydrogens (tertiary/aromatic N) is 1. The van der Waals surface area contributed by atoms with Crippen LogP contribution in [0.25, 0.3) is 0 Å². The average Bonchev–Trinajstić information content (AvgIpc) is 2.40. The molecular weight excluding hydrogens is 224 g/mol. The van der Waals surface area contributed by atoms with Crippen LogP contribution >= 0.6 is 0 Å². The van der Waals surface area contributed by atoms with Crippen LogP contribution in [0.15, 0.2) is 0 Å². The molecule has 0 saturated carbocycles. The summed E-state index contributed by atoms with van der Waals surface area (Å²) < 4.78 is 0. The summed E-state index contributed by atoms with van der Waals surface area (Å²) in [7, 11) is 0. The second-order valence-corrected chi connectivity index (χ2v) is 6.02. The monoisotopic (exact) mass is 252 g/mol. The van der Waals surface area contributed by atoms with Crippen LogP contribution < -0.4 is 5.32 Å². The lowest BCUT2D eigenvalue weighted by atomic mass is 9.90. The number of likely N-dealkylation sites (tertiary alicyclic amines) is 1. The van der Waals surface area contributed by atoms with Crippen molar-refractivity contribution in [1.29, 1.82) is 0 Å². The summed E-state index contributed by atoms with van der Waals surface area (Å²) in [5.41, 5.74) is 0. The number of piperidine rings is 2. The SMILES string of the molecule is CCCC1CCCCN1C(=O)C1NCCCC1C. The third kappa shape index (κ3) is 3.05. The summed E-state index contributed by atoms with van der Waals surface area (Å²) in [6.45, 7) is 6.42. The van der Waals surface area contributed by atoms with Crippen molar-refractivity contribution in [3.8, 4) is 0 Å². The van der Waals surface area contributed by atoms with Crippen molar-refractivity contribution >= 4 is 5.91 Å². The molecular formula is C15H28N2O. The van der Waals surface area contributed by atoms with Crippen LogP contribution in [-0.4, -0.2) is 36.0 Å². The van der Waals surface area contributed by atoms with Gasteiger partial charge in [-0.2, -0.15) is 0 Å². The second kappa shape index (κ2) is 6.55. The Morgan fingerprint density at radius 2 is 2.11 bits per heavy atom. The van der Waals surface area contributed by atoms with Gasteiger partial charge < -0.3 is 10.2 Å². The van der Waals surface area contributed by atoms with E-state index >= 15 is 0 Å². The van der Waals surface area contributed by atoms with E-state index in [4.69, 9.17) is 0 Å². The van der Waals surface area contributed by atoms with E-state index in [-0.39, 0.29) is 6.04 Å². The van der Waals surface area contributed by atoms with Crippen LogP contribution in [0.4, 0.5) is 0 Å². The fourth-order valence-electron chi connectivity index (χ4n) is 3.48. The van der Waals surface area contributed by atoms with Gasteiger partial charge in [-0.3, -0.25) is 4.79 Å². The Morgan fingerprint density at radius 3 is 2.83 bits per heavy atom. The first-order valence-corrected chi connectivity index (χ1v) is 7.78. The van der Waals surface area contributed by atoms with Crippen molar-refractivity contribution in [1.82, 2.24) is 10.2 Å². The Balaban J connectivity index is 2.00. The molecule has 0 aromatic heterocycles. The van der Waals surface area contributed by atoms with E-state index in [1.807, 2.05) is 0 Å². The predicted octanol–water partition coefficient (Wildman–Crippen LogP) is 2.56. The van der Waals surface area contributed by atoms with Gasteiger partial charge in [-0.05, 0) is 51.0 Å². The molecule has 3 unspecified atom stereocenters. The van der Waals surface area contributed by atoms with E-state index in [1.165, 1.54) is 44.9 Å². The molecule has 3 atom stereocenters. The number of amides is 1. The lowest BCUT2D eigenvalue weighted by molar-refractivity contribution is -0.139.